The van der Waals surface area contributed by atoms with Gasteiger partial charge >= 0.3 is 5.76 Å². The lowest BCUT2D eigenvalue weighted by Gasteiger charge is -2.38. The van der Waals surface area contributed by atoms with Crippen molar-refractivity contribution in [2.75, 3.05) is 26.9 Å². The molecule has 1 fully saturated rings. The average Bonchev–Trinajstić information content (AvgIpc) is 3.06. The van der Waals surface area contributed by atoms with Gasteiger partial charge in [0, 0.05) is 48.9 Å². The van der Waals surface area contributed by atoms with E-state index < -0.39 is 21.2 Å². The van der Waals surface area contributed by atoms with Gasteiger partial charge in [0.25, 0.3) is 0 Å². The number of methoxy groups -OCH3 is 1. The molecule has 0 amide bonds. The second-order valence-electron chi connectivity index (χ2n) is 7.62. The minimum absolute atomic E-state index is 0.0228. The Kier molecular flexibility index (Phi) is 5.87. The summed E-state index contributed by atoms with van der Waals surface area (Å²) in [5.41, 5.74) is 1.05. The molecule has 1 saturated heterocycles. The Morgan fingerprint density at radius 2 is 1.94 bits per heavy atom. The van der Waals surface area contributed by atoms with Crippen molar-refractivity contribution in [2.45, 2.75) is 23.2 Å². The van der Waals surface area contributed by atoms with Crippen molar-refractivity contribution in [1.82, 2.24) is 9.29 Å². The Morgan fingerprint density at radius 1 is 1.19 bits per heavy atom. The predicted molar refractivity (Wildman–Crippen MR) is 116 cm³/mol. The summed E-state index contributed by atoms with van der Waals surface area (Å²) in [7, 11) is -0.727. The molecular weight excluding hydrogens is 444 g/mol. The van der Waals surface area contributed by atoms with E-state index in [9.17, 15) is 13.2 Å². The molecule has 0 unspecified atom stereocenters. The summed E-state index contributed by atoms with van der Waals surface area (Å²) in [6, 6.07) is 9.72. The molecule has 1 aliphatic heterocycles. The molecule has 0 radical (unpaired) electrons. The molecule has 0 bridgehead atoms. The highest BCUT2D eigenvalue weighted by molar-refractivity contribution is 7.89. The Balaban J connectivity index is 1.67. The maximum atomic E-state index is 13.1. The number of rotatable bonds is 6. The standard InChI is InChI=1S/C21H23ClN2O6S/c1-24-17-5-4-15(12-19(17)30-20(24)25)31(26,27)23-13-21(7-9-29-10-8-21)16-11-14(22)3-6-18(16)28-2/h3-6,11-12,23H,7-10,13H2,1-2H3. The Bertz CT molecular complexity index is 1270. The third-order valence-electron chi connectivity index (χ3n) is 5.86. The summed E-state index contributed by atoms with van der Waals surface area (Å²) in [5.74, 6) is 0.102. The first-order chi connectivity index (χ1) is 14.8. The predicted octanol–water partition coefficient (Wildman–Crippen LogP) is 2.82. The zero-order valence-corrected chi connectivity index (χ0v) is 18.8. The third kappa shape index (κ3) is 4.10. The normalized spacial score (nSPS) is 16.5. The van der Waals surface area contributed by atoms with E-state index in [2.05, 4.69) is 4.72 Å². The van der Waals surface area contributed by atoms with Crippen LogP contribution in [0.15, 0.2) is 50.5 Å². The minimum atomic E-state index is -3.87. The second-order valence-corrected chi connectivity index (χ2v) is 9.82. The number of nitrogens with one attached hydrogen (secondary N) is 1. The van der Waals surface area contributed by atoms with Crippen LogP contribution in [0.5, 0.6) is 5.75 Å². The molecule has 166 valence electrons. The maximum Gasteiger partial charge on any atom is 0.419 e. The molecule has 2 aromatic carbocycles. The van der Waals surface area contributed by atoms with Gasteiger partial charge in [0.15, 0.2) is 5.58 Å². The second kappa shape index (κ2) is 8.31. The van der Waals surface area contributed by atoms with E-state index in [1.54, 1.807) is 32.4 Å². The lowest BCUT2D eigenvalue weighted by atomic mass is 9.74. The van der Waals surface area contributed by atoms with Gasteiger partial charge < -0.3 is 13.9 Å². The Hall–Kier alpha value is -2.33. The summed E-state index contributed by atoms with van der Waals surface area (Å²) < 4.78 is 46.4. The molecule has 0 aliphatic carbocycles. The van der Waals surface area contributed by atoms with Crippen LogP contribution in [0.3, 0.4) is 0 Å². The van der Waals surface area contributed by atoms with E-state index in [0.29, 0.717) is 42.3 Å². The van der Waals surface area contributed by atoms with Crippen LogP contribution in [0.4, 0.5) is 0 Å². The number of benzene rings is 2. The van der Waals surface area contributed by atoms with E-state index in [1.807, 2.05) is 6.07 Å². The molecule has 31 heavy (non-hydrogen) atoms. The van der Waals surface area contributed by atoms with Crippen LogP contribution in [-0.4, -0.2) is 39.9 Å². The van der Waals surface area contributed by atoms with E-state index >= 15 is 0 Å². The van der Waals surface area contributed by atoms with Gasteiger partial charge in [-0.05, 0) is 43.2 Å². The molecule has 0 atom stereocenters. The zero-order valence-electron chi connectivity index (χ0n) is 17.2. The summed E-state index contributed by atoms with van der Waals surface area (Å²) in [5, 5.41) is 0.550. The molecule has 4 rings (SSSR count). The van der Waals surface area contributed by atoms with E-state index in [-0.39, 0.29) is 17.0 Å². The molecule has 10 heteroatoms. The lowest BCUT2D eigenvalue weighted by molar-refractivity contribution is 0.0509. The fourth-order valence-electron chi connectivity index (χ4n) is 4.00. The smallest absolute Gasteiger partial charge is 0.419 e. The largest absolute Gasteiger partial charge is 0.496 e. The minimum Gasteiger partial charge on any atom is -0.496 e. The van der Waals surface area contributed by atoms with Crippen molar-refractivity contribution < 1.29 is 22.3 Å². The Morgan fingerprint density at radius 3 is 2.65 bits per heavy atom. The van der Waals surface area contributed by atoms with Crippen LogP contribution in [0.2, 0.25) is 5.02 Å². The molecule has 0 saturated carbocycles. The van der Waals surface area contributed by atoms with Crippen molar-refractivity contribution in [3.63, 3.8) is 0 Å². The lowest BCUT2D eigenvalue weighted by Crippen LogP contribution is -2.44. The van der Waals surface area contributed by atoms with Crippen molar-refractivity contribution in [3.05, 3.63) is 57.5 Å². The topological polar surface area (TPSA) is 99.8 Å². The first kappa shape index (κ1) is 21.9. The van der Waals surface area contributed by atoms with E-state index in [4.69, 9.17) is 25.5 Å². The highest BCUT2D eigenvalue weighted by Crippen LogP contribution is 2.41. The fraction of sp³-hybridized carbons (Fsp3) is 0.381. The summed E-state index contributed by atoms with van der Waals surface area (Å²) in [4.78, 5) is 11.7. The van der Waals surface area contributed by atoms with Gasteiger partial charge in [-0.3, -0.25) is 4.57 Å². The number of ether oxygens (including phenoxy) is 2. The molecule has 2 heterocycles. The number of aryl methyl sites for hydroxylation is 1. The first-order valence-electron chi connectivity index (χ1n) is 9.77. The van der Waals surface area contributed by atoms with E-state index in [1.165, 1.54) is 16.7 Å². The molecule has 1 N–H and O–H groups in total. The van der Waals surface area contributed by atoms with Crippen molar-refractivity contribution in [2.24, 2.45) is 7.05 Å². The zero-order chi connectivity index (χ0) is 22.2. The van der Waals surface area contributed by atoms with Crippen molar-refractivity contribution >= 4 is 32.7 Å². The third-order valence-corrected chi connectivity index (χ3v) is 7.49. The van der Waals surface area contributed by atoms with Crippen LogP contribution >= 0.6 is 11.6 Å². The SMILES string of the molecule is COc1ccc(Cl)cc1C1(CNS(=O)(=O)c2ccc3c(c2)oc(=O)n3C)CCOCC1. The number of fused-ring (bicyclic) bond motifs is 1. The highest BCUT2D eigenvalue weighted by atomic mass is 35.5. The number of oxazole rings is 1. The van der Waals surface area contributed by atoms with Gasteiger partial charge in [-0.2, -0.15) is 0 Å². The average molecular weight is 467 g/mol. The number of sulfonamides is 1. The monoisotopic (exact) mass is 466 g/mol. The quantitative estimate of drug-likeness (QED) is 0.599. The van der Waals surface area contributed by atoms with Crippen LogP contribution in [-0.2, 0) is 27.2 Å². The maximum absolute atomic E-state index is 13.1. The fourth-order valence-corrected chi connectivity index (χ4v) is 5.31. The summed E-state index contributed by atoms with van der Waals surface area (Å²) >= 11 is 6.25. The Labute approximate surface area is 184 Å². The van der Waals surface area contributed by atoms with Crippen LogP contribution in [0, 0.1) is 0 Å². The summed E-state index contributed by atoms with van der Waals surface area (Å²) in [6.45, 7) is 1.14. The van der Waals surface area contributed by atoms with Gasteiger partial charge in [-0.25, -0.2) is 17.9 Å². The van der Waals surface area contributed by atoms with E-state index in [0.717, 1.165) is 5.56 Å². The number of hydrogen-bond donors (Lipinski definition) is 1. The molecule has 1 aromatic heterocycles. The van der Waals surface area contributed by atoms with Crippen LogP contribution in [0.1, 0.15) is 18.4 Å². The first-order valence-corrected chi connectivity index (χ1v) is 11.6. The number of halogens is 1. The van der Waals surface area contributed by atoms with Gasteiger partial charge in [0.05, 0.1) is 17.5 Å². The molecule has 8 nitrogen and oxygen atoms in total. The molecule has 0 spiro atoms. The number of aromatic nitrogens is 1. The van der Waals surface area contributed by atoms with Gasteiger partial charge in [0.1, 0.15) is 5.75 Å². The van der Waals surface area contributed by atoms with Gasteiger partial charge in [-0.15, -0.1) is 0 Å². The molecule has 1 aliphatic rings. The van der Waals surface area contributed by atoms with Gasteiger partial charge in [0.2, 0.25) is 10.0 Å². The molecule has 3 aromatic rings. The van der Waals surface area contributed by atoms with Crippen LogP contribution < -0.4 is 15.2 Å². The molecular formula is C21H23ClN2O6S. The number of nitrogens with zero attached hydrogens (tertiary/aromatic N) is 1. The van der Waals surface area contributed by atoms with Crippen LogP contribution in [0.25, 0.3) is 11.1 Å². The van der Waals surface area contributed by atoms with Crippen molar-refractivity contribution in [3.8, 4) is 5.75 Å². The summed E-state index contributed by atoms with van der Waals surface area (Å²) in [6.07, 6.45) is 1.22. The highest BCUT2D eigenvalue weighted by Gasteiger charge is 2.38. The van der Waals surface area contributed by atoms with Gasteiger partial charge in [-0.1, -0.05) is 11.6 Å². The number of hydrogen-bond acceptors (Lipinski definition) is 6. The van der Waals surface area contributed by atoms with Crippen molar-refractivity contribution in [1.29, 1.82) is 0 Å².